The Morgan fingerprint density at radius 1 is 0.926 bits per heavy atom. The molecule has 0 amide bonds. The van der Waals surface area contributed by atoms with E-state index in [4.69, 9.17) is 0 Å². The largest absolute Gasteiger partial charge is 0.280 e. The first-order valence-electron chi connectivity index (χ1n) is 8.08. The van der Waals surface area contributed by atoms with E-state index < -0.39 is 26.7 Å². The van der Waals surface area contributed by atoms with Gasteiger partial charge in [0, 0.05) is 7.05 Å². The van der Waals surface area contributed by atoms with E-state index in [2.05, 4.69) is 15.9 Å². The molecule has 0 saturated carbocycles. The Morgan fingerprint density at radius 3 is 2.11 bits per heavy atom. The summed E-state index contributed by atoms with van der Waals surface area (Å²) < 4.78 is 27.9. The van der Waals surface area contributed by atoms with Crippen LogP contribution in [0.1, 0.15) is 11.1 Å². The fourth-order valence-electron chi connectivity index (χ4n) is 2.72. The Hall–Kier alpha value is -2.45. The molecule has 8 heteroatoms. The summed E-state index contributed by atoms with van der Waals surface area (Å²) in [6.45, 7) is 1.85. The Kier molecular flexibility index (Phi) is 5.21. The van der Waals surface area contributed by atoms with Crippen molar-refractivity contribution in [1.82, 2.24) is 9.36 Å². The Bertz CT molecular complexity index is 1210. The quantitative estimate of drug-likeness (QED) is 0.614. The minimum atomic E-state index is -3.80. The smallest absolute Gasteiger partial charge is 0.267 e. The van der Waals surface area contributed by atoms with Gasteiger partial charge in [0.1, 0.15) is 0 Å². The van der Waals surface area contributed by atoms with Crippen LogP contribution in [-0.2, 0) is 22.6 Å². The lowest BCUT2D eigenvalue weighted by molar-refractivity contribution is 0.577. The van der Waals surface area contributed by atoms with E-state index >= 15 is 0 Å². The fourth-order valence-corrected chi connectivity index (χ4v) is 4.84. The van der Waals surface area contributed by atoms with Gasteiger partial charge in [-0.25, -0.2) is 17.8 Å². The molecule has 1 aromatic heterocycles. The average molecular weight is 449 g/mol. The van der Waals surface area contributed by atoms with E-state index in [1.165, 1.54) is 23.9 Å². The first kappa shape index (κ1) is 19.3. The lowest BCUT2D eigenvalue weighted by Gasteiger charge is -2.15. The van der Waals surface area contributed by atoms with Gasteiger partial charge in [-0.3, -0.25) is 9.59 Å². The molecule has 6 nitrogen and oxygen atoms in total. The summed E-state index contributed by atoms with van der Waals surface area (Å²) in [6.07, 6.45) is 0. The number of hydrogen-bond donors (Lipinski definition) is 0. The molecule has 2 aromatic carbocycles. The highest BCUT2D eigenvalue weighted by molar-refractivity contribution is 9.10. The van der Waals surface area contributed by atoms with Crippen molar-refractivity contribution in [2.45, 2.75) is 17.6 Å². The normalized spacial score (nSPS) is 11.5. The zero-order valence-corrected chi connectivity index (χ0v) is 17.1. The molecule has 1 heterocycles. The molecule has 0 spiro atoms. The maximum absolute atomic E-state index is 13.0. The van der Waals surface area contributed by atoms with E-state index in [1.807, 2.05) is 6.92 Å². The highest BCUT2D eigenvalue weighted by atomic mass is 79.9. The molecule has 0 unspecified atom stereocenters. The van der Waals surface area contributed by atoms with Crippen molar-refractivity contribution in [3.8, 4) is 5.69 Å². The van der Waals surface area contributed by atoms with Gasteiger partial charge in [-0.15, -0.1) is 0 Å². The van der Waals surface area contributed by atoms with Crippen LogP contribution < -0.4 is 11.1 Å². The molecule has 0 atom stereocenters. The van der Waals surface area contributed by atoms with Crippen molar-refractivity contribution in [3.05, 3.63) is 90.9 Å². The van der Waals surface area contributed by atoms with Crippen LogP contribution in [0.5, 0.6) is 0 Å². The first-order valence-corrected chi connectivity index (χ1v) is 10.5. The molecule has 0 fully saturated rings. The molecule has 3 aromatic rings. The van der Waals surface area contributed by atoms with Crippen molar-refractivity contribution in [2.24, 2.45) is 7.05 Å². The molecule has 0 saturated heterocycles. The second-order valence-electron chi connectivity index (χ2n) is 6.15. The third-order valence-corrected chi connectivity index (χ3v) is 6.69. The molecular weight excluding hydrogens is 432 g/mol. The Labute approximate surface area is 164 Å². The number of nitrogens with zero attached hydrogens (tertiary/aromatic N) is 2. The number of sulfone groups is 1. The van der Waals surface area contributed by atoms with Gasteiger partial charge >= 0.3 is 0 Å². The van der Waals surface area contributed by atoms with Gasteiger partial charge in [0.15, 0.2) is 9.84 Å². The predicted molar refractivity (Wildman–Crippen MR) is 107 cm³/mol. The van der Waals surface area contributed by atoms with Gasteiger partial charge < -0.3 is 0 Å². The fraction of sp³-hybridized carbons (Fsp3) is 0.158. The number of para-hydroxylation sites is 1. The summed E-state index contributed by atoms with van der Waals surface area (Å²) in [4.78, 5) is 25.7. The maximum atomic E-state index is 13.0. The van der Waals surface area contributed by atoms with Crippen LogP contribution in [0.3, 0.4) is 0 Å². The van der Waals surface area contributed by atoms with Gasteiger partial charge in [-0.2, -0.15) is 0 Å². The second-order valence-corrected chi connectivity index (χ2v) is 8.93. The lowest BCUT2D eigenvalue weighted by Crippen LogP contribution is -2.39. The van der Waals surface area contributed by atoms with Gasteiger partial charge in [-0.05, 0) is 47.1 Å². The molecule has 27 heavy (non-hydrogen) atoms. The summed E-state index contributed by atoms with van der Waals surface area (Å²) >= 11 is 3.11. The molecule has 0 N–H and O–H groups in total. The van der Waals surface area contributed by atoms with Crippen LogP contribution in [-0.4, -0.2) is 17.8 Å². The van der Waals surface area contributed by atoms with Crippen LogP contribution >= 0.6 is 15.9 Å². The zero-order chi connectivity index (χ0) is 19.8. The summed E-state index contributed by atoms with van der Waals surface area (Å²) in [7, 11) is -2.34. The minimum Gasteiger partial charge on any atom is -0.267 e. The second kappa shape index (κ2) is 7.28. The third kappa shape index (κ3) is 3.68. The summed E-state index contributed by atoms with van der Waals surface area (Å²) in [5.74, 6) is -0.571. The van der Waals surface area contributed by atoms with E-state index in [9.17, 15) is 18.0 Å². The maximum Gasteiger partial charge on any atom is 0.280 e. The first-order chi connectivity index (χ1) is 12.7. The summed E-state index contributed by atoms with van der Waals surface area (Å²) in [5.41, 5.74) is 0.250. The number of aryl methyl sites for hydroxylation is 1. The van der Waals surface area contributed by atoms with Crippen LogP contribution in [0.25, 0.3) is 5.69 Å². The summed E-state index contributed by atoms with van der Waals surface area (Å²) in [6, 6.07) is 15.0. The Morgan fingerprint density at radius 2 is 1.52 bits per heavy atom. The molecule has 0 radical (unpaired) electrons. The highest BCUT2D eigenvalue weighted by Gasteiger charge is 2.23. The van der Waals surface area contributed by atoms with E-state index in [0.29, 0.717) is 5.69 Å². The SMILES string of the molecule is Cc1ccc(S(=O)(=O)Cc2c(Br)c(=O)n(C)n(-c3ccccc3)c2=O)cc1. The Balaban J connectivity index is 2.19. The summed E-state index contributed by atoms with van der Waals surface area (Å²) in [5, 5.41) is 0. The number of benzene rings is 2. The van der Waals surface area contributed by atoms with Crippen LogP contribution in [0.2, 0.25) is 0 Å². The van der Waals surface area contributed by atoms with E-state index in [1.54, 1.807) is 42.5 Å². The molecule has 3 rings (SSSR count). The zero-order valence-electron chi connectivity index (χ0n) is 14.7. The predicted octanol–water partition coefficient (Wildman–Crippen LogP) is 2.58. The van der Waals surface area contributed by atoms with Gasteiger partial charge in [0.2, 0.25) is 0 Å². The molecule has 0 aliphatic rings. The lowest BCUT2D eigenvalue weighted by atomic mass is 10.2. The third-order valence-electron chi connectivity index (χ3n) is 4.21. The van der Waals surface area contributed by atoms with Crippen molar-refractivity contribution >= 4 is 25.8 Å². The number of rotatable bonds is 4. The molecule has 0 aliphatic heterocycles. The standard InChI is InChI=1S/C19H17BrN2O4S/c1-13-8-10-15(11-9-13)27(25,26)12-16-17(20)19(24)21(2)22(18(16)23)14-6-4-3-5-7-14/h3-11H,12H2,1-2H3. The average Bonchev–Trinajstić information content (AvgIpc) is 2.65. The minimum absolute atomic E-state index is 0.0436. The molecule has 140 valence electrons. The molecule has 0 bridgehead atoms. The van der Waals surface area contributed by atoms with Crippen LogP contribution in [0.4, 0.5) is 0 Å². The molecular formula is C19H17BrN2O4S. The van der Waals surface area contributed by atoms with E-state index in [0.717, 1.165) is 10.2 Å². The van der Waals surface area contributed by atoms with Crippen LogP contribution in [0, 0.1) is 6.92 Å². The van der Waals surface area contributed by atoms with E-state index in [-0.39, 0.29) is 14.9 Å². The van der Waals surface area contributed by atoms with Crippen molar-refractivity contribution in [1.29, 1.82) is 0 Å². The number of aromatic nitrogens is 2. The van der Waals surface area contributed by atoms with Gasteiger partial charge in [-0.1, -0.05) is 35.9 Å². The van der Waals surface area contributed by atoms with Crippen LogP contribution in [0.15, 0.2) is 73.6 Å². The van der Waals surface area contributed by atoms with Gasteiger partial charge in [0.05, 0.1) is 26.4 Å². The number of halogens is 1. The monoisotopic (exact) mass is 448 g/mol. The number of hydrogen-bond acceptors (Lipinski definition) is 4. The van der Waals surface area contributed by atoms with Crippen molar-refractivity contribution < 1.29 is 8.42 Å². The van der Waals surface area contributed by atoms with Gasteiger partial charge in [0.25, 0.3) is 11.1 Å². The molecule has 0 aliphatic carbocycles. The highest BCUT2D eigenvalue weighted by Crippen LogP contribution is 2.19. The van der Waals surface area contributed by atoms with Crippen molar-refractivity contribution in [2.75, 3.05) is 0 Å². The van der Waals surface area contributed by atoms with Crippen molar-refractivity contribution in [3.63, 3.8) is 0 Å². The topological polar surface area (TPSA) is 78.1 Å².